The standard InChI is InChI=1S/C11H21NO/c1-9-3-4-11(7-9)12-5-6-13-10(2)8-12/h9-11H,3-8H2,1-2H3/t9?,10-,11?/m0/s1. The first-order chi connectivity index (χ1) is 6.25. The van der Waals surface area contributed by atoms with Crippen molar-refractivity contribution in [3.05, 3.63) is 0 Å². The molecule has 2 rings (SSSR count). The van der Waals surface area contributed by atoms with Gasteiger partial charge in [0.15, 0.2) is 0 Å². The molecule has 0 aromatic heterocycles. The van der Waals surface area contributed by atoms with E-state index >= 15 is 0 Å². The molecular weight excluding hydrogens is 162 g/mol. The molecule has 2 fully saturated rings. The summed E-state index contributed by atoms with van der Waals surface area (Å²) in [7, 11) is 0. The van der Waals surface area contributed by atoms with Gasteiger partial charge in [-0.15, -0.1) is 0 Å². The molecule has 0 aromatic rings. The fraction of sp³-hybridized carbons (Fsp3) is 1.00. The van der Waals surface area contributed by atoms with Gasteiger partial charge in [0.2, 0.25) is 0 Å². The quantitative estimate of drug-likeness (QED) is 0.615. The van der Waals surface area contributed by atoms with E-state index < -0.39 is 0 Å². The molecule has 2 unspecified atom stereocenters. The minimum Gasteiger partial charge on any atom is -0.376 e. The van der Waals surface area contributed by atoms with Gasteiger partial charge in [-0.25, -0.2) is 0 Å². The van der Waals surface area contributed by atoms with Crippen LogP contribution in [0.25, 0.3) is 0 Å². The molecule has 1 saturated carbocycles. The maximum Gasteiger partial charge on any atom is 0.0674 e. The first-order valence-corrected chi connectivity index (χ1v) is 5.61. The van der Waals surface area contributed by atoms with Gasteiger partial charge in [-0.3, -0.25) is 4.90 Å². The SMILES string of the molecule is CC1CCC(N2CCO[C@@H](C)C2)C1. The second-order valence-electron chi connectivity index (χ2n) is 4.75. The van der Waals surface area contributed by atoms with Gasteiger partial charge in [0.1, 0.15) is 0 Å². The third-order valence-electron chi connectivity index (χ3n) is 3.46. The number of morpholine rings is 1. The largest absolute Gasteiger partial charge is 0.376 e. The smallest absolute Gasteiger partial charge is 0.0674 e. The van der Waals surface area contributed by atoms with Crippen LogP contribution in [0.4, 0.5) is 0 Å². The van der Waals surface area contributed by atoms with Crippen molar-refractivity contribution < 1.29 is 4.74 Å². The Morgan fingerprint density at radius 2 is 2.08 bits per heavy atom. The lowest BCUT2D eigenvalue weighted by molar-refractivity contribution is -0.0334. The Morgan fingerprint density at radius 3 is 2.69 bits per heavy atom. The molecule has 0 spiro atoms. The summed E-state index contributed by atoms with van der Waals surface area (Å²) >= 11 is 0. The zero-order valence-corrected chi connectivity index (χ0v) is 8.83. The molecule has 76 valence electrons. The summed E-state index contributed by atoms with van der Waals surface area (Å²) in [6.07, 6.45) is 4.70. The number of rotatable bonds is 1. The van der Waals surface area contributed by atoms with E-state index in [1.165, 1.54) is 19.3 Å². The molecule has 3 atom stereocenters. The van der Waals surface area contributed by atoms with Crippen molar-refractivity contribution in [3.8, 4) is 0 Å². The van der Waals surface area contributed by atoms with Crippen molar-refractivity contribution in [3.63, 3.8) is 0 Å². The fourth-order valence-electron chi connectivity index (χ4n) is 2.69. The Balaban J connectivity index is 1.85. The minimum absolute atomic E-state index is 0.449. The molecular formula is C11H21NO. The van der Waals surface area contributed by atoms with E-state index in [4.69, 9.17) is 4.74 Å². The van der Waals surface area contributed by atoms with Crippen LogP contribution in [0.1, 0.15) is 33.1 Å². The Labute approximate surface area is 81.3 Å². The summed E-state index contributed by atoms with van der Waals surface area (Å²) in [4.78, 5) is 2.64. The first-order valence-electron chi connectivity index (χ1n) is 5.61. The summed E-state index contributed by atoms with van der Waals surface area (Å²) in [5.74, 6) is 0.947. The van der Waals surface area contributed by atoms with Crippen LogP contribution in [0.3, 0.4) is 0 Å². The maximum atomic E-state index is 5.55. The van der Waals surface area contributed by atoms with Gasteiger partial charge < -0.3 is 4.74 Å². The number of ether oxygens (including phenoxy) is 1. The molecule has 2 aliphatic rings. The summed E-state index contributed by atoms with van der Waals surface area (Å²) < 4.78 is 5.55. The highest BCUT2D eigenvalue weighted by molar-refractivity contribution is 4.83. The summed E-state index contributed by atoms with van der Waals surface area (Å²) in [5.41, 5.74) is 0. The Morgan fingerprint density at radius 1 is 1.23 bits per heavy atom. The van der Waals surface area contributed by atoms with Gasteiger partial charge >= 0.3 is 0 Å². The third kappa shape index (κ3) is 2.23. The second-order valence-corrected chi connectivity index (χ2v) is 4.75. The highest BCUT2D eigenvalue weighted by Gasteiger charge is 2.29. The fourth-order valence-corrected chi connectivity index (χ4v) is 2.69. The van der Waals surface area contributed by atoms with Crippen LogP contribution in [0.2, 0.25) is 0 Å². The zero-order chi connectivity index (χ0) is 9.26. The molecule has 1 heterocycles. The first kappa shape index (κ1) is 9.47. The molecule has 1 aliphatic carbocycles. The molecule has 0 amide bonds. The van der Waals surface area contributed by atoms with Crippen LogP contribution in [0, 0.1) is 5.92 Å². The predicted molar refractivity (Wildman–Crippen MR) is 53.8 cm³/mol. The van der Waals surface area contributed by atoms with Gasteiger partial charge in [0, 0.05) is 19.1 Å². The van der Waals surface area contributed by atoms with Crippen molar-refractivity contribution in [2.45, 2.75) is 45.3 Å². The van der Waals surface area contributed by atoms with Crippen molar-refractivity contribution in [2.75, 3.05) is 19.7 Å². The van der Waals surface area contributed by atoms with Crippen LogP contribution in [-0.4, -0.2) is 36.7 Å². The van der Waals surface area contributed by atoms with Gasteiger partial charge in [0.05, 0.1) is 12.7 Å². The van der Waals surface area contributed by atoms with E-state index in [2.05, 4.69) is 18.7 Å². The minimum atomic E-state index is 0.449. The van der Waals surface area contributed by atoms with Crippen molar-refractivity contribution in [2.24, 2.45) is 5.92 Å². The number of hydrogen-bond donors (Lipinski definition) is 0. The molecule has 0 bridgehead atoms. The van der Waals surface area contributed by atoms with E-state index in [-0.39, 0.29) is 0 Å². The topological polar surface area (TPSA) is 12.5 Å². The Hall–Kier alpha value is -0.0800. The molecule has 0 aromatic carbocycles. The van der Waals surface area contributed by atoms with E-state index in [1.54, 1.807) is 0 Å². The molecule has 2 heteroatoms. The van der Waals surface area contributed by atoms with Crippen LogP contribution in [0.5, 0.6) is 0 Å². The van der Waals surface area contributed by atoms with E-state index in [1.807, 2.05) is 0 Å². The molecule has 0 radical (unpaired) electrons. The molecule has 1 aliphatic heterocycles. The van der Waals surface area contributed by atoms with Gasteiger partial charge in [-0.05, 0) is 32.1 Å². The normalized spacial score (nSPS) is 42.5. The van der Waals surface area contributed by atoms with Crippen molar-refractivity contribution in [1.82, 2.24) is 4.90 Å². The van der Waals surface area contributed by atoms with Crippen LogP contribution < -0.4 is 0 Å². The van der Waals surface area contributed by atoms with Gasteiger partial charge in [-0.2, -0.15) is 0 Å². The van der Waals surface area contributed by atoms with E-state index in [0.29, 0.717) is 6.10 Å². The van der Waals surface area contributed by atoms with Crippen LogP contribution >= 0.6 is 0 Å². The van der Waals surface area contributed by atoms with Crippen molar-refractivity contribution >= 4 is 0 Å². The lowest BCUT2D eigenvalue weighted by Crippen LogP contribution is -2.45. The summed E-state index contributed by atoms with van der Waals surface area (Å²) in [5, 5.41) is 0. The second kappa shape index (κ2) is 3.97. The third-order valence-corrected chi connectivity index (χ3v) is 3.46. The Bertz CT molecular complexity index is 171. The lowest BCUT2D eigenvalue weighted by Gasteiger charge is -2.35. The molecule has 2 nitrogen and oxygen atoms in total. The Kier molecular flexibility index (Phi) is 2.89. The van der Waals surface area contributed by atoms with Crippen LogP contribution in [0.15, 0.2) is 0 Å². The summed E-state index contributed by atoms with van der Waals surface area (Å²) in [6.45, 7) is 7.81. The number of nitrogens with zero attached hydrogens (tertiary/aromatic N) is 1. The van der Waals surface area contributed by atoms with E-state index in [0.717, 1.165) is 31.7 Å². The lowest BCUT2D eigenvalue weighted by atomic mass is 10.1. The van der Waals surface area contributed by atoms with Gasteiger partial charge in [-0.1, -0.05) is 6.92 Å². The highest BCUT2D eigenvalue weighted by atomic mass is 16.5. The maximum absolute atomic E-state index is 5.55. The van der Waals surface area contributed by atoms with Crippen molar-refractivity contribution in [1.29, 1.82) is 0 Å². The summed E-state index contributed by atoms with van der Waals surface area (Å²) in [6, 6.07) is 0.862. The van der Waals surface area contributed by atoms with E-state index in [9.17, 15) is 0 Å². The zero-order valence-electron chi connectivity index (χ0n) is 8.83. The highest BCUT2D eigenvalue weighted by Crippen LogP contribution is 2.29. The average Bonchev–Trinajstić information content (AvgIpc) is 2.52. The number of hydrogen-bond acceptors (Lipinski definition) is 2. The molecule has 1 saturated heterocycles. The monoisotopic (exact) mass is 183 g/mol. The van der Waals surface area contributed by atoms with Crippen LogP contribution in [-0.2, 0) is 4.74 Å². The molecule has 0 N–H and O–H groups in total. The predicted octanol–water partition coefficient (Wildman–Crippen LogP) is 1.90. The average molecular weight is 183 g/mol. The van der Waals surface area contributed by atoms with Gasteiger partial charge in [0.25, 0.3) is 0 Å². The molecule has 13 heavy (non-hydrogen) atoms.